The van der Waals surface area contributed by atoms with Gasteiger partial charge >= 0.3 is 5.97 Å². The molecule has 6 nitrogen and oxygen atoms in total. The zero-order chi connectivity index (χ0) is 13.4. The monoisotopic (exact) mass is 263 g/mol. The summed E-state index contributed by atoms with van der Waals surface area (Å²) < 4.78 is 4.65. The molecule has 3 atom stereocenters. The molecule has 1 aliphatic heterocycles. The molecule has 0 bridgehead atoms. The van der Waals surface area contributed by atoms with Gasteiger partial charge in [-0.2, -0.15) is 0 Å². The maximum Gasteiger partial charge on any atom is 0.358 e. The van der Waals surface area contributed by atoms with Gasteiger partial charge in [0, 0.05) is 19.0 Å². The van der Waals surface area contributed by atoms with Crippen LogP contribution in [0.25, 0.3) is 0 Å². The molecule has 0 radical (unpaired) electrons. The lowest BCUT2D eigenvalue weighted by molar-refractivity contribution is 0.0593. The Hall–Kier alpha value is -1.69. The summed E-state index contributed by atoms with van der Waals surface area (Å²) in [6.45, 7) is 1.66. The predicted molar refractivity (Wildman–Crippen MR) is 67.8 cm³/mol. The fourth-order valence-corrected chi connectivity index (χ4v) is 3.13. The number of carbonyl (C=O) groups excluding carboxylic acids is 1. The normalized spacial score (nSPS) is 29.4. The van der Waals surface area contributed by atoms with E-state index in [0.29, 0.717) is 17.7 Å². The van der Waals surface area contributed by atoms with Gasteiger partial charge in [0.15, 0.2) is 5.69 Å². The number of carbonyl (C=O) groups is 1. The number of esters is 1. The standard InChI is InChI=1S/C13H17N3O3/c1-19-13(18)10-4-14-5-12(15-10)16-6-8-2-3-11(17)9(8)7-16/h4-5,8-9,11,17H,2-3,6-7H2,1H3. The summed E-state index contributed by atoms with van der Waals surface area (Å²) in [4.78, 5) is 21.9. The molecule has 6 heteroatoms. The van der Waals surface area contributed by atoms with E-state index in [-0.39, 0.29) is 11.8 Å². The molecule has 2 heterocycles. The molecule has 3 rings (SSSR count). The number of aromatic nitrogens is 2. The number of anilines is 1. The van der Waals surface area contributed by atoms with E-state index in [1.54, 1.807) is 6.20 Å². The predicted octanol–water partition coefficient (Wildman–Crippen LogP) is 0.470. The van der Waals surface area contributed by atoms with Gasteiger partial charge in [0.1, 0.15) is 5.82 Å². The minimum atomic E-state index is -0.478. The molecule has 1 N–H and O–H groups in total. The summed E-state index contributed by atoms with van der Waals surface area (Å²) in [6.07, 6.45) is 4.82. The number of rotatable bonds is 2. The molecule has 0 spiro atoms. The van der Waals surface area contributed by atoms with E-state index in [1.165, 1.54) is 13.3 Å². The second-order valence-corrected chi connectivity index (χ2v) is 5.23. The number of methoxy groups -OCH3 is 1. The van der Waals surface area contributed by atoms with E-state index in [1.807, 2.05) is 0 Å². The summed E-state index contributed by atoms with van der Waals surface area (Å²) in [5.74, 6) is 1.06. The van der Waals surface area contributed by atoms with Crippen molar-refractivity contribution >= 4 is 11.8 Å². The molecular formula is C13H17N3O3. The molecule has 19 heavy (non-hydrogen) atoms. The van der Waals surface area contributed by atoms with Crippen molar-refractivity contribution < 1.29 is 14.6 Å². The molecule has 1 aromatic rings. The van der Waals surface area contributed by atoms with E-state index in [9.17, 15) is 9.90 Å². The molecular weight excluding hydrogens is 246 g/mol. The molecule has 1 saturated heterocycles. The summed E-state index contributed by atoms with van der Waals surface area (Å²) >= 11 is 0. The Kier molecular flexibility index (Phi) is 3.10. The van der Waals surface area contributed by atoms with Gasteiger partial charge in [-0.1, -0.05) is 0 Å². The zero-order valence-corrected chi connectivity index (χ0v) is 10.8. The van der Waals surface area contributed by atoms with Gasteiger partial charge in [-0.05, 0) is 18.8 Å². The fourth-order valence-electron chi connectivity index (χ4n) is 3.13. The highest BCUT2D eigenvalue weighted by Gasteiger charge is 2.42. The third-order valence-corrected chi connectivity index (χ3v) is 4.16. The van der Waals surface area contributed by atoms with Crippen LogP contribution in [0.15, 0.2) is 12.4 Å². The number of hydrogen-bond donors (Lipinski definition) is 1. The van der Waals surface area contributed by atoms with Crippen LogP contribution in [0.4, 0.5) is 5.82 Å². The average Bonchev–Trinajstić information content (AvgIpc) is 3.01. The molecule has 2 aliphatic rings. The summed E-state index contributed by atoms with van der Waals surface area (Å²) in [7, 11) is 1.33. The minimum Gasteiger partial charge on any atom is -0.464 e. The van der Waals surface area contributed by atoms with Crippen LogP contribution in [0, 0.1) is 11.8 Å². The number of aliphatic hydroxyl groups is 1. The highest BCUT2D eigenvalue weighted by Crippen LogP contribution is 2.39. The van der Waals surface area contributed by atoms with E-state index < -0.39 is 5.97 Å². The first-order valence-corrected chi connectivity index (χ1v) is 6.52. The molecule has 3 unspecified atom stereocenters. The van der Waals surface area contributed by atoms with Gasteiger partial charge in [0.05, 0.1) is 25.6 Å². The van der Waals surface area contributed by atoms with E-state index in [2.05, 4.69) is 19.6 Å². The van der Waals surface area contributed by atoms with Crippen LogP contribution in [0.5, 0.6) is 0 Å². The lowest BCUT2D eigenvalue weighted by Crippen LogP contribution is -2.25. The lowest BCUT2D eigenvalue weighted by Gasteiger charge is -2.19. The third-order valence-electron chi connectivity index (χ3n) is 4.16. The fraction of sp³-hybridized carbons (Fsp3) is 0.615. The Labute approximate surface area is 111 Å². The van der Waals surface area contributed by atoms with Crippen LogP contribution in [0.1, 0.15) is 23.3 Å². The molecule has 1 saturated carbocycles. The van der Waals surface area contributed by atoms with Crippen molar-refractivity contribution in [3.8, 4) is 0 Å². The summed E-state index contributed by atoms with van der Waals surface area (Å²) in [6, 6.07) is 0. The number of hydrogen-bond acceptors (Lipinski definition) is 6. The van der Waals surface area contributed by atoms with Gasteiger partial charge in [-0.15, -0.1) is 0 Å². The van der Waals surface area contributed by atoms with E-state index in [4.69, 9.17) is 0 Å². The van der Waals surface area contributed by atoms with Crippen molar-refractivity contribution in [3.05, 3.63) is 18.1 Å². The largest absolute Gasteiger partial charge is 0.464 e. The molecule has 0 amide bonds. The van der Waals surface area contributed by atoms with Crippen LogP contribution in [-0.4, -0.2) is 47.3 Å². The molecule has 102 valence electrons. The number of nitrogens with zero attached hydrogens (tertiary/aromatic N) is 3. The SMILES string of the molecule is COC(=O)c1cncc(N2CC3CCC(O)C3C2)n1. The summed E-state index contributed by atoms with van der Waals surface area (Å²) in [5, 5.41) is 9.91. The lowest BCUT2D eigenvalue weighted by atomic mass is 10.00. The Morgan fingerprint density at radius 1 is 1.42 bits per heavy atom. The van der Waals surface area contributed by atoms with Gasteiger partial charge in [0.2, 0.25) is 0 Å². The number of fused-ring (bicyclic) bond motifs is 1. The molecule has 2 fully saturated rings. The van der Waals surface area contributed by atoms with Gasteiger partial charge in [0.25, 0.3) is 0 Å². The maximum absolute atomic E-state index is 11.4. The molecule has 0 aromatic carbocycles. The van der Waals surface area contributed by atoms with Crippen molar-refractivity contribution in [2.45, 2.75) is 18.9 Å². The first-order chi connectivity index (χ1) is 9.19. The van der Waals surface area contributed by atoms with Crippen LogP contribution < -0.4 is 4.90 Å². The number of ether oxygens (including phenoxy) is 1. The first kappa shape index (κ1) is 12.3. The molecule has 1 aliphatic carbocycles. The van der Waals surface area contributed by atoms with Crippen LogP contribution >= 0.6 is 0 Å². The molecule has 1 aromatic heterocycles. The van der Waals surface area contributed by atoms with Gasteiger partial charge < -0.3 is 14.7 Å². The van der Waals surface area contributed by atoms with Crippen LogP contribution in [0.2, 0.25) is 0 Å². The van der Waals surface area contributed by atoms with Crippen LogP contribution in [-0.2, 0) is 4.74 Å². The average molecular weight is 263 g/mol. The number of aliphatic hydroxyl groups excluding tert-OH is 1. The second kappa shape index (κ2) is 4.77. The Bertz CT molecular complexity index is 494. The Morgan fingerprint density at radius 2 is 2.26 bits per heavy atom. The van der Waals surface area contributed by atoms with Crippen molar-refractivity contribution in [2.24, 2.45) is 11.8 Å². The zero-order valence-electron chi connectivity index (χ0n) is 10.8. The summed E-state index contributed by atoms with van der Waals surface area (Å²) in [5.41, 5.74) is 0.220. The maximum atomic E-state index is 11.4. The smallest absolute Gasteiger partial charge is 0.358 e. The van der Waals surface area contributed by atoms with E-state index in [0.717, 1.165) is 25.9 Å². The van der Waals surface area contributed by atoms with Crippen molar-refractivity contribution in [3.63, 3.8) is 0 Å². The Balaban J connectivity index is 1.78. The Morgan fingerprint density at radius 3 is 3.00 bits per heavy atom. The quantitative estimate of drug-likeness (QED) is 0.782. The highest BCUT2D eigenvalue weighted by molar-refractivity contribution is 5.87. The van der Waals surface area contributed by atoms with Crippen LogP contribution in [0.3, 0.4) is 0 Å². The minimum absolute atomic E-state index is 0.202. The second-order valence-electron chi connectivity index (χ2n) is 5.23. The van der Waals surface area contributed by atoms with Crippen molar-refractivity contribution in [1.82, 2.24) is 9.97 Å². The van der Waals surface area contributed by atoms with Gasteiger partial charge in [-0.3, -0.25) is 4.98 Å². The topological polar surface area (TPSA) is 75.5 Å². The third kappa shape index (κ3) is 2.16. The van der Waals surface area contributed by atoms with Crippen molar-refractivity contribution in [2.75, 3.05) is 25.1 Å². The first-order valence-electron chi connectivity index (χ1n) is 6.52. The highest BCUT2D eigenvalue weighted by atomic mass is 16.5. The van der Waals surface area contributed by atoms with E-state index >= 15 is 0 Å². The van der Waals surface area contributed by atoms with Crippen molar-refractivity contribution in [1.29, 1.82) is 0 Å². The van der Waals surface area contributed by atoms with Gasteiger partial charge in [-0.25, -0.2) is 9.78 Å².